The summed E-state index contributed by atoms with van der Waals surface area (Å²) in [6.07, 6.45) is 6.23. The van der Waals surface area contributed by atoms with Gasteiger partial charge in [0.1, 0.15) is 0 Å². The van der Waals surface area contributed by atoms with E-state index in [1.54, 1.807) is 0 Å². The smallest absolute Gasteiger partial charge is 0.213 e. The van der Waals surface area contributed by atoms with E-state index in [1.807, 2.05) is 6.07 Å². The molecule has 2 nitrogen and oxygen atoms in total. The first-order chi connectivity index (χ1) is 6.84. The summed E-state index contributed by atoms with van der Waals surface area (Å²) in [5.74, 6) is -0.386. The van der Waals surface area contributed by atoms with Crippen molar-refractivity contribution in [1.29, 1.82) is 0 Å². The third kappa shape index (κ3) is 2.51. The van der Waals surface area contributed by atoms with Gasteiger partial charge < -0.3 is 0 Å². The zero-order chi connectivity index (χ0) is 9.80. The van der Waals surface area contributed by atoms with Crippen LogP contribution in [-0.2, 0) is 6.54 Å². The molecule has 1 radical (unpaired) electrons. The van der Waals surface area contributed by atoms with Crippen molar-refractivity contribution in [2.45, 2.75) is 19.4 Å². The molecule has 2 rings (SSSR count). The van der Waals surface area contributed by atoms with Crippen LogP contribution in [0.2, 0.25) is 0 Å². The molecule has 0 amide bonds. The van der Waals surface area contributed by atoms with Crippen LogP contribution in [0.4, 0.5) is 4.39 Å². The van der Waals surface area contributed by atoms with E-state index in [0.717, 1.165) is 25.2 Å². The SMILES string of the molecule is Fc1cc(CN2C[CH]CCC2)ccn1. The van der Waals surface area contributed by atoms with Crippen molar-refractivity contribution < 1.29 is 4.39 Å². The molecule has 14 heavy (non-hydrogen) atoms. The lowest BCUT2D eigenvalue weighted by molar-refractivity contribution is 0.254. The lowest BCUT2D eigenvalue weighted by Crippen LogP contribution is -2.29. The maximum atomic E-state index is 12.8. The fourth-order valence-electron chi connectivity index (χ4n) is 1.77. The topological polar surface area (TPSA) is 16.1 Å². The van der Waals surface area contributed by atoms with E-state index in [-0.39, 0.29) is 5.95 Å². The molecule has 0 unspecified atom stereocenters. The molecule has 0 N–H and O–H groups in total. The predicted molar refractivity (Wildman–Crippen MR) is 53.0 cm³/mol. The Balaban J connectivity index is 1.95. The van der Waals surface area contributed by atoms with Crippen molar-refractivity contribution in [3.8, 4) is 0 Å². The maximum Gasteiger partial charge on any atom is 0.213 e. The number of pyridine rings is 1. The van der Waals surface area contributed by atoms with Gasteiger partial charge in [-0.05, 0) is 43.5 Å². The van der Waals surface area contributed by atoms with Crippen LogP contribution in [-0.4, -0.2) is 23.0 Å². The van der Waals surface area contributed by atoms with Crippen LogP contribution in [0.25, 0.3) is 0 Å². The molecule has 0 spiro atoms. The molecule has 1 aliphatic heterocycles. The van der Waals surface area contributed by atoms with Gasteiger partial charge in [0, 0.05) is 19.3 Å². The summed E-state index contributed by atoms with van der Waals surface area (Å²) in [6, 6.07) is 3.38. The number of hydrogen-bond donors (Lipinski definition) is 0. The second-order valence-electron chi connectivity index (χ2n) is 3.65. The number of hydrogen-bond acceptors (Lipinski definition) is 2. The highest BCUT2D eigenvalue weighted by atomic mass is 19.1. The fourth-order valence-corrected chi connectivity index (χ4v) is 1.77. The minimum absolute atomic E-state index is 0.386. The van der Waals surface area contributed by atoms with Gasteiger partial charge in [0.25, 0.3) is 0 Å². The van der Waals surface area contributed by atoms with Crippen LogP contribution < -0.4 is 0 Å². The van der Waals surface area contributed by atoms with E-state index in [9.17, 15) is 4.39 Å². The van der Waals surface area contributed by atoms with Gasteiger partial charge in [0.2, 0.25) is 5.95 Å². The number of rotatable bonds is 2. The second-order valence-corrected chi connectivity index (χ2v) is 3.65. The number of likely N-dealkylation sites (tertiary alicyclic amines) is 1. The first-order valence-corrected chi connectivity index (χ1v) is 4.99. The minimum atomic E-state index is -0.386. The van der Waals surface area contributed by atoms with Gasteiger partial charge in [0.15, 0.2) is 0 Å². The summed E-state index contributed by atoms with van der Waals surface area (Å²) in [4.78, 5) is 5.86. The molecule has 0 atom stereocenters. The van der Waals surface area contributed by atoms with Crippen LogP contribution >= 0.6 is 0 Å². The van der Waals surface area contributed by atoms with Crippen molar-refractivity contribution in [1.82, 2.24) is 9.88 Å². The molecule has 2 heterocycles. The van der Waals surface area contributed by atoms with Crippen molar-refractivity contribution >= 4 is 0 Å². The first-order valence-electron chi connectivity index (χ1n) is 4.99. The van der Waals surface area contributed by atoms with Crippen molar-refractivity contribution in [3.05, 3.63) is 36.3 Å². The summed E-state index contributed by atoms with van der Waals surface area (Å²) in [5.41, 5.74) is 1.01. The van der Waals surface area contributed by atoms with E-state index < -0.39 is 0 Å². The molecular formula is C11H14FN2. The van der Waals surface area contributed by atoms with Gasteiger partial charge in [-0.3, -0.25) is 4.90 Å². The minimum Gasteiger partial charge on any atom is -0.299 e. The molecular weight excluding hydrogens is 179 g/mol. The Morgan fingerprint density at radius 3 is 3.14 bits per heavy atom. The standard InChI is InChI=1S/C11H14FN2/c12-11-8-10(4-5-13-11)9-14-6-2-1-3-7-14/h2,4-5,8H,1,3,6-7,9H2. The summed E-state index contributed by atoms with van der Waals surface area (Å²) in [7, 11) is 0. The molecule has 1 aromatic heterocycles. The van der Waals surface area contributed by atoms with Crippen molar-refractivity contribution in [2.24, 2.45) is 0 Å². The fraction of sp³-hybridized carbons (Fsp3) is 0.455. The average molecular weight is 193 g/mol. The Hall–Kier alpha value is -0.960. The van der Waals surface area contributed by atoms with Gasteiger partial charge in [0.05, 0.1) is 0 Å². The van der Waals surface area contributed by atoms with Crippen LogP contribution in [0, 0.1) is 12.4 Å². The molecule has 0 saturated carbocycles. The predicted octanol–water partition coefficient (Wildman–Crippen LogP) is 2.02. The zero-order valence-corrected chi connectivity index (χ0v) is 8.12. The number of aromatic nitrogens is 1. The highest BCUT2D eigenvalue weighted by molar-refractivity contribution is 5.10. The largest absolute Gasteiger partial charge is 0.299 e. The van der Waals surface area contributed by atoms with Crippen LogP contribution in [0.15, 0.2) is 18.3 Å². The van der Waals surface area contributed by atoms with Crippen molar-refractivity contribution in [3.63, 3.8) is 0 Å². The molecule has 0 bridgehead atoms. The van der Waals surface area contributed by atoms with Gasteiger partial charge in [-0.1, -0.05) is 0 Å². The molecule has 1 fully saturated rings. The molecule has 1 saturated heterocycles. The van der Waals surface area contributed by atoms with Crippen LogP contribution in [0.5, 0.6) is 0 Å². The molecule has 1 aromatic rings. The van der Waals surface area contributed by atoms with Crippen LogP contribution in [0.3, 0.4) is 0 Å². The van der Waals surface area contributed by atoms with E-state index >= 15 is 0 Å². The quantitative estimate of drug-likeness (QED) is 0.668. The molecule has 3 heteroatoms. The second kappa shape index (κ2) is 4.51. The van der Waals surface area contributed by atoms with E-state index in [4.69, 9.17) is 0 Å². The Bertz CT molecular complexity index is 295. The summed E-state index contributed by atoms with van der Waals surface area (Å²) in [6.45, 7) is 2.96. The number of nitrogens with zero attached hydrogens (tertiary/aromatic N) is 2. The highest BCUT2D eigenvalue weighted by Gasteiger charge is 2.10. The monoisotopic (exact) mass is 193 g/mol. The Kier molecular flexibility index (Phi) is 3.09. The lowest BCUT2D eigenvalue weighted by atomic mass is 10.1. The summed E-state index contributed by atoms with van der Waals surface area (Å²) in [5, 5.41) is 0. The summed E-state index contributed by atoms with van der Waals surface area (Å²) < 4.78 is 12.8. The first kappa shape index (κ1) is 9.59. The maximum absolute atomic E-state index is 12.8. The molecule has 0 aliphatic carbocycles. The van der Waals surface area contributed by atoms with E-state index in [2.05, 4.69) is 16.3 Å². The van der Waals surface area contributed by atoms with Crippen molar-refractivity contribution in [2.75, 3.05) is 13.1 Å². The zero-order valence-electron chi connectivity index (χ0n) is 8.12. The van der Waals surface area contributed by atoms with Gasteiger partial charge in [-0.15, -0.1) is 0 Å². The van der Waals surface area contributed by atoms with Gasteiger partial charge in [-0.25, -0.2) is 4.98 Å². The Morgan fingerprint density at radius 2 is 2.43 bits per heavy atom. The average Bonchev–Trinajstić information content (AvgIpc) is 2.19. The third-order valence-electron chi connectivity index (χ3n) is 2.47. The van der Waals surface area contributed by atoms with E-state index in [1.165, 1.54) is 25.1 Å². The Morgan fingerprint density at radius 1 is 1.50 bits per heavy atom. The van der Waals surface area contributed by atoms with Crippen LogP contribution in [0.1, 0.15) is 18.4 Å². The Labute approximate surface area is 83.8 Å². The normalized spacial score (nSPS) is 18.4. The molecule has 0 aromatic carbocycles. The number of halogens is 1. The van der Waals surface area contributed by atoms with E-state index in [0.29, 0.717) is 0 Å². The summed E-state index contributed by atoms with van der Waals surface area (Å²) >= 11 is 0. The van der Waals surface area contributed by atoms with Gasteiger partial charge in [-0.2, -0.15) is 4.39 Å². The lowest BCUT2D eigenvalue weighted by Gasteiger charge is -2.26. The molecule has 75 valence electrons. The molecule has 1 aliphatic rings. The van der Waals surface area contributed by atoms with Gasteiger partial charge >= 0.3 is 0 Å². The third-order valence-corrected chi connectivity index (χ3v) is 2.47. The number of piperidine rings is 1. The highest BCUT2D eigenvalue weighted by Crippen LogP contribution is 2.12.